The Bertz CT molecular complexity index is 2290. The van der Waals surface area contributed by atoms with Crippen LogP contribution in [0, 0.1) is 5.92 Å². The zero-order valence-corrected chi connectivity index (χ0v) is 38.1. The summed E-state index contributed by atoms with van der Waals surface area (Å²) in [4.78, 5) is 51.8. The molecule has 5 heterocycles. The van der Waals surface area contributed by atoms with Crippen LogP contribution >= 0.6 is 15.9 Å². The highest BCUT2D eigenvalue weighted by Gasteiger charge is 2.66. The number of para-hydroxylation sites is 1. The molecule has 0 bridgehead atoms. The summed E-state index contributed by atoms with van der Waals surface area (Å²) in [5.74, 6) is 0.449. The number of rotatable bonds is 10. The standard InChI is InChI=1S/C48H56BrN5O6Si/c1-32-44(61(3,4)39-19-17-38(59-2)18-20-39)42(28-43(56)51-26-8-11-37(51)30-55)60-48(32)40-27-34(49)14-21-41(40)52(46(48)58)29-33-12-15-35(16-13-33)53-31-54(36-9-6-5-7-10-36)47(45(53)57)22-24-50-25-23-47/h5-7,9-10,12-21,27,32,37,42,44,50,55H,8,11,22-26,28-31H2,1-4H3/t32-,37+,42+,44-,48+/m1/s1. The third-order valence-corrected chi connectivity index (χ3v) is 19.5. The molecule has 5 atom stereocenters. The first kappa shape index (κ1) is 41.8. The predicted octanol–water partition coefficient (Wildman–Crippen LogP) is 6.53. The highest BCUT2D eigenvalue weighted by Crippen LogP contribution is 2.60. The fourth-order valence-corrected chi connectivity index (χ4v) is 15.8. The van der Waals surface area contributed by atoms with E-state index in [9.17, 15) is 14.7 Å². The molecule has 2 N–H and O–H groups in total. The number of carbonyl (C=O) groups excluding carboxylic acids is 3. The minimum atomic E-state index is -2.48. The first-order valence-corrected chi connectivity index (χ1v) is 25.6. The summed E-state index contributed by atoms with van der Waals surface area (Å²) in [5, 5.41) is 14.8. The molecule has 61 heavy (non-hydrogen) atoms. The number of aliphatic hydroxyl groups is 1. The van der Waals surface area contributed by atoms with Crippen LogP contribution in [-0.4, -0.2) is 93.5 Å². The number of methoxy groups -OCH3 is 1. The number of piperidine rings is 1. The summed E-state index contributed by atoms with van der Waals surface area (Å²) in [6, 6.07) is 32.3. The number of amides is 3. The van der Waals surface area contributed by atoms with Crippen molar-refractivity contribution in [2.75, 3.05) is 54.7 Å². The van der Waals surface area contributed by atoms with Crippen molar-refractivity contribution in [2.45, 2.75) is 87.5 Å². The monoisotopic (exact) mass is 905 g/mol. The van der Waals surface area contributed by atoms with E-state index in [2.05, 4.69) is 70.4 Å². The Labute approximate surface area is 368 Å². The van der Waals surface area contributed by atoms with Crippen LogP contribution < -0.4 is 29.9 Å². The van der Waals surface area contributed by atoms with E-state index < -0.39 is 25.3 Å². The van der Waals surface area contributed by atoms with Gasteiger partial charge in [-0.05, 0) is 104 Å². The molecular weight excluding hydrogens is 851 g/mol. The molecule has 9 rings (SSSR count). The van der Waals surface area contributed by atoms with Crippen LogP contribution in [0.25, 0.3) is 0 Å². The molecule has 4 saturated heterocycles. The molecular formula is C48H56BrN5O6Si. The highest BCUT2D eigenvalue weighted by molar-refractivity contribution is 9.10. The number of nitrogens with zero attached hydrogens (tertiary/aromatic N) is 4. The quantitative estimate of drug-likeness (QED) is 0.173. The van der Waals surface area contributed by atoms with E-state index >= 15 is 4.79 Å². The second-order valence-corrected chi connectivity index (χ2v) is 23.7. The summed E-state index contributed by atoms with van der Waals surface area (Å²) in [6.07, 6.45) is 2.71. The zero-order chi connectivity index (χ0) is 42.7. The molecule has 5 aliphatic rings. The smallest absolute Gasteiger partial charge is 0.264 e. The largest absolute Gasteiger partial charge is 0.497 e. The van der Waals surface area contributed by atoms with E-state index in [0.717, 1.165) is 77.2 Å². The first-order valence-electron chi connectivity index (χ1n) is 21.7. The van der Waals surface area contributed by atoms with Crippen molar-refractivity contribution in [3.63, 3.8) is 0 Å². The molecule has 4 aromatic rings. The average Bonchev–Trinajstić information content (AvgIpc) is 4.01. The van der Waals surface area contributed by atoms with Crippen molar-refractivity contribution in [3.05, 3.63) is 113 Å². The molecule has 11 nitrogen and oxygen atoms in total. The molecule has 0 aliphatic carbocycles. The van der Waals surface area contributed by atoms with Gasteiger partial charge in [-0.1, -0.05) is 83.6 Å². The molecule has 0 radical (unpaired) electrons. The number of ether oxygens (including phenoxy) is 2. The number of likely N-dealkylation sites (tertiary alicyclic amines) is 1. The van der Waals surface area contributed by atoms with Gasteiger partial charge in [-0.25, -0.2) is 0 Å². The van der Waals surface area contributed by atoms with Crippen molar-refractivity contribution in [1.82, 2.24) is 10.2 Å². The summed E-state index contributed by atoms with van der Waals surface area (Å²) >= 11 is 3.72. The van der Waals surface area contributed by atoms with Crippen LogP contribution in [0.2, 0.25) is 18.6 Å². The molecule has 5 aliphatic heterocycles. The van der Waals surface area contributed by atoms with Crippen molar-refractivity contribution >= 4 is 64.0 Å². The maximum Gasteiger partial charge on any atom is 0.264 e. The second-order valence-electron chi connectivity index (χ2n) is 18.1. The topological polar surface area (TPSA) is 115 Å². The molecule has 4 aromatic carbocycles. The number of hydrogen-bond donors (Lipinski definition) is 2. The van der Waals surface area contributed by atoms with E-state index in [-0.39, 0.29) is 48.3 Å². The first-order chi connectivity index (χ1) is 29.4. The van der Waals surface area contributed by atoms with E-state index in [4.69, 9.17) is 9.47 Å². The summed E-state index contributed by atoms with van der Waals surface area (Å²) in [7, 11) is -0.823. The molecule has 2 spiro atoms. The lowest BCUT2D eigenvalue weighted by atomic mass is 9.82. The Morgan fingerprint density at radius 3 is 2.36 bits per heavy atom. The maximum atomic E-state index is 15.4. The molecule has 13 heteroatoms. The number of nitrogens with one attached hydrogen (secondary N) is 1. The average molecular weight is 907 g/mol. The Kier molecular flexibility index (Phi) is 11.2. The molecule has 0 saturated carbocycles. The molecule has 3 amide bonds. The third-order valence-electron chi connectivity index (χ3n) is 14.6. The Hall–Kier alpha value is -4.53. The van der Waals surface area contributed by atoms with Crippen LogP contribution in [0.1, 0.15) is 50.2 Å². The minimum absolute atomic E-state index is 0.0402. The van der Waals surface area contributed by atoms with Gasteiger partial charge in [0.25, 0.3) is 11.8 Å². The van der Waals surface area contributed by atoms with Crippen molar-refractivity contribution < 1.29 is 29.0 Å². The van der Waals surface area contributed by atoms with Crippen LogP contribution in [0.3, 0.4) is 0 Å². The van der Waals surface area contributed by atoms with Gasteiger partial charge >= 0.3 is 0 Å². The fourth-order valence-electron chi connectivity index (χ4n) is 11.4. The van der Waals surface area contributed by atoms with Gasteiger partial charge in [0.15, 0.2) is 5.60 Å². The number of fused-ring (bicyclic) bond motifs is 2. The Morgan fingerprint density at radius 2 is 1.67 bits per heavy atom. The van der Waals surface area contributed by atoms with Crippen LogP contribution in [0.15, 0.2) is 102 Å². The van der Waals surface area contributed by atoms with Gasteiger partial charge in [-0.3, -0.25) is 19.3 Å². The molecule has 4 fully saturated rings. The lowest BCUT2D eigenvalue weighted by Gasteiger charge is -2.39. The van der Waals surface area contributed by atoms with Gasteiger partial charge < -0.3 is 34.6 Å². The number of benzene rings is 4. The van der Waals surface area contributed by atoms with Crippen molar-refractivity contribution in [1.29, 1.82) is 0 Å². The lowest BCUT2D eigenvalue weighted by Crippen LogP contribution is -2.55. The number of anilines is 3. The summed E-state index contributed by atoms with van der Waals surface area (Å²) in [6.45, 7) is 9.67. The van der Waals surface area contributed by atoms with E-state index in [1.807, 2.05) is 87.5 Å². The number of aliphatic hydroxyl groups excluding tert-OH is 1. The number of carbonyl (C=O) groups is 3. The van der Waals surface area contributed by atoms with Gasteiger partial charge in [-0.15, -0.1) is 0 Å². The Balaban J connectivity index is 1.03. The van der Waals surface area contributed by atoms with E-state index in [0.29, 0.717) is 19.8 Å². The lowest BCUT2D eigenvalue weighted by molar-refractivity contribution is -0.150. The number of halogens is 1. The van der Waals surface area contributed by atoms with Crippen LogP contribution in [0.4, 0.5) is 17.1 Å². The Morgan fingerprint density at radius 1 is 0.951 bits per heavy atom. The van der Waals surface area contributed by atoms with E-state index in [1.165, 1.54) is 5.19 Å². The van der Waals surface area contributed by atoms with Crippen molar-refractivity contribution in [2.24, 2.45) is 5.92 Å². The summed E-state index contributed by atoms with van der Waals surface area (Å²) in [5.41, 5.74) is 2.37. The maximum absolute atomic E-state index is 15.4. The van der Waals surface area contributed by atoms with Gasteiger partial charge in [0.1, 0.15) is 11.3 Å². The van der Waals surface area contributed by atoms with Crippen LogP contribution in [-0.2, 0) is 31.3 Å². The fraction of sp³-hybridized carbons (Fsp3) is 0.438. The van der Waals surface area contributed by atoms with Crippen LogP contribution in [0.5, 0.6) is 5.75 Å². The van der Waals surface area contributed by atoms with Gasteiger partial charge in [0.05, 0.1) is 59.3 Å². The minimum Gasteiger partial charge on any atom is -0.497 e. The third kappa shape index (κ3) is 6.91. The van der Waals surface area contributed by atoms with Gasteiger partial charge in [0, 0.05) is 33.9 Å². The summed E-state index contributed by atoms with van der Waals surface area (Å²) < 4.78 is 13.6. The number of hydrogen-bond acceptors (Lipinski definition) is 8. The second kappa shape index (κ2) is 16.3. The SMILES string of the molecule is COc1ccc([Si](C)(C)[C@H]2[C@H](CC(=O)N3CCC[C@H]3CO)O[C@@]3(C(=O)N(Cc4ccc(N5CN(c6ccccc6)C6(CCNCC6)C5=O)cc4)c4ccc(Br)cc43)[C@@H]2C)cc1. The molecule has 0 aromatic heterocycles. The molecule has 320 valence electrons. The normalized spacial score (nSPS) is 25.9. The van der Waals surface area contributed by atoms with Gasteiger partial charge in [0.2, 0.25) is 5.91 Å². The van der Waals surface area contributed by atoms with Gasteiger partial charge in [-0.2, -0.15) is 0 Å². The van der Waals surface area contributed by atoms with Crippen molar-refractivity contribution in [3.8, 4) is 5.75 Å². The predicted molar refractivity (Wildman–Crippen MR) is 244 cm³/mol. The zero-order valence-electron chi connectivity index (χ0n) is 35.5. The highest BCUT2D eigenvalue weighted by atomic mass is 79.9. The van der Waals surface area contributed by atoms with E-state index in [1.54, 1.807) is 7.11 Å². The molecule has 0 unspecified atom stereocenters.